The first kappa shape index (κ1) is 22.6. The molecule has 29 heavy (non-hydrogen) atoms. The predicted octanol–water partition coefficient (Wildman–Crippen LogP) is 2.83. The van der Waals surface area contributed by atoms with Gasteiger partial charge in [-0.25, -0.2) is 4.98 Å². The minimum absolute atomic E-state index is 0.00136. The average molecular weight is 402 g/mol. The van der Waals surface area contributed by atoms with Crippen molar-refractivity contribution in [1.29, 1.82) is 0 Å². The van der Waals surface area contributed by atoms with Crippen LogP contribution in [0.2, 0.25) is 0 Å². The number of unbranched alkanes of at least 4 members (excludes halogenated alkanes) is 1. The van der Waals surface area contributed by atoms with Crippen molar-refractivity contribution in [2.24, 2.45) is 5.92 Å². The van der Waals surface area contributed by atoms with Crippen LogP contribution in [0, 0.1) is 5.92 Å². The third-order valence-corrected chi connectivity index (χ3v) is 4.97. The van der Waals surface area contributed by atoms with Gasteiger partial charge >= 0.3 is 5.97 Å². The molecular weight excluding hydrogens is 370 g/mol. The van der Waals surface area contributed by atoms with Crippen LogP contribution in [-0.2, 0) is 27.3 Å². The number of nitrogens with one attached hydrogen (secondary N) is 1. The van der Waals surface area contributed by atoms with Crippen molar-refractivity contribution in [3.8, 4) is 0 Å². The van der Waals surface area contributed by atoms with E-state index in [1.807, 2.05) is 45.0 Å². The molecule has 2 rings (SSSR count). The maximum atomic E-state index is 12.8. The molecule has 1 amide bonds. The molecule has 7 heteroatoms. The van der Waals surface area contributed by atoms with Gasteiger partial charge in [-0.15, -0.1) is 0 Å². The van der Waals surface area contributed by atoms with Crippen molar-refractivity contribution in [1.82, 2.24) is 14.9 Å². The second-order valence-corrected chi connectivity index (χ2v) is 7.62. The average Bonchev–Trinajstić information content (AvgIpc) is 2.70. The van der Waals surface area contributed by atoms with Crippen molar-refractivity contribution < 1.29 is 14.3 Å². The molecule has 0 fully saturated rings. The number of aromatic nitrogens is 2. The van der Waals surface area contributed by atoms with Crippen LogP contribution in [0.25, 0.3) is 11.0 Å². The van der Waals surface area contributed by atoms with Gasteiger partial charge in [0.15, 0.2) is 6.61 Å². The molecule has 0 saturated carbocycles. The molecule has 1 heterocycles. The molecule has 1 unspecified atom stereocenters. The molecule has 0 aliphatic heterocycles. The highest BCUT2D eigenvalue weighted by atomic mass is 16.5. The Morgan fingerprint density at radius 3 is 2.62 bits per heavy atom. The lowest BCUT2D eigenvalue weighted by Gasteiger charge is -2.17. The SMILES string of the molecule is CCCCn1c(=O)c(CCC(=O)OCC(=O)NC(C)C(C)C)nc2ccccc21. The van der Waals surface area contributed by atoms with Gasteiger partial charge in [-0.2, -0.15) is 0 Å². The lowest BCUT2D eigenvalue weighted by molar-refractivity contribution is -0.148. The number of nitrogens with zero attached hydrogens (tertiary/aromatic N) is 2. The van der Waals surface area contributed by atoms with E-state index in [0.717, 1.165) is 23.9 Å². The van der Waals surface area contributed by atoms with Crippen molar-refractivity contribution in [3.05, 3.63) is 40.3 Å². The number of carbonyl (C=O) groups excluding carboxylic acids is 2. The number of rotatable bonds is 10. The van der Waals surface area contributed by atoms with Crippen LogP contribution < -0.4 is 10.9 Å². The van der Waals surface area contributed by atoms with Crippen LogP contribution in [0.15, 0.2) is 29.1 Å². The summed E-state index contributed by atoms with van der Waals surface area (Å²) < 4.78 is 6.77. The highest BCUT2D eigenvalue weighted by Crippen LogP contribution is 2.12. The van der Waals surface area contributed by atoms with Crippen LogP contribution >= 0.6 is 0 Å². The van der Waals surface area contributed by atoms with E-state index in [2.05, 4.69) is 17.2 Å². The van der Waals surface area contributed by atoms with Gasteiger partial charge in [-0.3, -0.25) is 14.4 Å². The first-order valence-corrected chi connectivity index (χ1v) is 10.3. The molecular formula is C22H31N3O4. The second kappa shape index (κ2) is 10.7. The topological polar surface area (TPSA) is 90.3 Å². The molecule has 0 spiro atoms. The van der Waals surface area contributed by atoms with Gasteiger partial charge in [0.1, 0.15) is 5.69 Å². The Morgan fingerprint density at radius 2 is 1.93 bits per heavy atom. The maximum absolute atomic E-state index is 12.8. The molecule has 7 nitrogen and oxygen atoms in total. The Hall–Kier alpha value is -2.70. The predicted molar refractivity (Wildman–Crippen MR) is 113 cm³/mol. The van der Waals surface area contributed by atoms with Crippen LogP contribution in [0.3, 0.4) is 0 Å². The Morgan fingerprint density at radius 1 is 1.21 bits per heavy atom. The molecule has 1 atom stereocenters. The van der Waals surface area contributed by atoms with Crippen LogP contribution in [0.1, 0.15) is 52.7 Å². The maximum Gasteiger partial charge on any atom is 0.306 e. The summed E-state index contributed by atoms with van der Waals surface area (Å²) in [6.45, 7) is 8.27. The fourth-order valence-corrected chi connectivity index (χ4v) is 2.85. The molecule has 0 aliphatic carbocycles. The number of hydrogen-bond acceptors (Lipinski definition) is 5. The first-order chi connectivity index (χ1) is 13.8. The number of para-hydroxylation sites is 2. The highest BCUT2D eigenvalue weighted by molar-refractivity contribution is 5.80. The first-order valence-electron chi connectivity index (χ1n) is 10.3. The van der Waals surface area contributed by atoms with Crippen LogP contribution in [0.4, 0.5) is 0 Å². The summed E-state index contributed by atoms with van der Waals surface area (Å²) in [6, 6.07) is 7.50. The summed E-state index contributed by atoms with van der Waals surface area (Å²) in [5, 5.41) is 2.78. The van der Waals surface area contributed by atoms with Gasteiger partial charge in [-0.1, -0.05) is 39.3 Å². The number of amides is 1. The summed E-state index contributed by atoms with van der Waals surface area (Å²) in [6.07, 6.45) is 2.04. The molecule has 1 aromatic heterocycles. The summed E-state index contributed by atoms with van der Waals surface area (Å²) in [4.78, 5) is 41.1. The number of fused-ring (bicyclic) bond motifs is 1. The van der Waals surface area contributed by atoms with E-state index in [1.54, 1.807) is 4.57 Å². The largest absolute Gasteiger partial charge is 0.456 e. The van der Waals surface area contributed by atoms with Crippen LogP contribution in [-0.4, -0.2) is 34.1 Å². The number of aryl methyl sites for hydroxylation is 2. The molecule has 0 radical (unpaired) electrons. The number of benzene rings is 1. The molecule has 2 aromatic rings. The number of ether oxygens (including phenoxy) is 1. The molecule has 0 bridgehead atoms. The van der Waals surface area contributed by atoms with E-state index in [9.17, 15) is 14.4 Å². The lowest BCUT2D eigenvalue weighted by Crippen LogP contribution is -2.38. The zero-order valence-corrected chi connectivity index (χ0v) is 17.7. The molecule has 0 aliphatic rings. The van der Waals surface area contributed by atoms with Gasteiger partial charge in [-0.05, 0) is 31.4 Å². The molecule has 0 saturated heterocycles. The van der Waals surface area contributed by atoms with Gasteiger partial charge in [0, 0.05) is 19.0 Å². The normalized spacial score (nSPS) is 12.2. The monoisotopic (exact) mass is 401 g/mol. The zero-order valence-electron chi connectivity index (χ0n) is 17.7. The molecule has 1 aromatic carbocycles. The third kappa shape index (κ3) is 6.41. The van der Waals surface area contributed by atoms with Crippen LogP contribution in [0.5, 0.6) is 0 Å². The minimum atomic E-state index is -0.521. The summed E-state index contributed by atoms with van der Waals surface area (Å²) in [5.41, 5.74) is 1.70. The van der Waals surface area contributed by atoms with Crippen molar-refractivity contribution >= 4 is 22.9 Å². The smallest absolute Gasteiger partial charge is 0.306 e. The number of hydrogen-bond donors (Lipinski definition) is 1. The molecule has 1 N–H and O–H groups in total. The number of esters is 1. The van der Waals surface area contributed by atoms with Gasteiger partial charge < -0.3 is 14.6 Å². The Labute approximate surface area is 171 Å². The summed E-state index contributed by atoms with van der Waals surface area (Å²) in [7, 11) is 0. The quantitative estimate of drug-likeness (QED) is 0.618. The number of carbonyl (C=O) groups is 2. The minimum Gasteiger partial charge on any atom is -0.456 e. The van der Waals surface area contributed by atoms with E-state index in [4.69, 9.17) is 4.74 Å². The van der Waals surface area contributed by atoms with E-state index in [0.29, 0.717) is 18.2 Å². The van der Waals surface area contributed by atoms with Gasteiger partial charge in [0.25, 0.3) is 11.5 Å². The third-order valence-electron chi connectivity index (χ3n) is 4.97. The second-order valence-electron chi connectivity index (χ2n) is 7.62. The molecule has 158 valence electrons. The van der Waals surface area contributed by atoms with E-state index in [1.165, 1.54) is 0 Å². The zero-order chi connectivity index (χ0) is 21.4. The standard InChI is InChI=1S/C22H31N3O4/c1-5-6-13-25-19-10-8-7-9-17(19)24-18(22(25)28)11-12-21(27)29-14-20(26)23-16(4)15(2)3/h7-10,15-16H,5-6,11-14H2,1-4H3,(H,23,26). The van der Waals surface area contributed by atoms with Crippen molar-refractivity contribution in [3.63, 3.8) is 0 Å². The van der Waals surface area contributed by atoms with Crippen molar-refractivity contribution in [2.75, 3.05) is 6.61 Å². The van der Waals surface area contributed by atoms with Crippen molar-refractivity contribution in [2.45, 2.75) is 66.0 Å². The van der Waals surface area contributed by atoms with Gasteiger partial charge in [0.2, 0.25) is 0 Å². The van der Waals surface area contributed by atoms with E-state index >= 15 is 0 Å². The Bertz CT molecular complexity index is 905. The Balaban J connectivity index is 2.01. The highest BCUT2D eigenvalue weighted by Gasteiger charge is 2.15. The summed E-state index contributed by atoms with van der Waals surface area (Å²) in [5.74, 6) is -0.555. The summed E-state index contributed by atoms with van der Waals surface area (Å²) >= 11 is 0. The van der Waals surface area contributed by atoms with Gasteiger partial charge in [0.05, 0.1) is 17.5 Å². The lowest BCUT2D eigenvalue weighted by atomic mass is 10.1. The fourth-order valence-electron chi connectivity index (χ4n) is 2.85. The van der Waals surface area contributed by atoms with E-state index in [-0.39, 0.29) is 37.0 Å². The fraction of sp³-hybridized carbons (Fsp3) is 0.545. The Kier molecular flexibility index (Phi) is 8.36. The van der Waals surface area contributed by atoms with E-state index < -0.39 is 5.97 Å².